The molecule has 0 aromatic rings. The number of fused-ring (bicyclic) bond motifs is 2. The van der Waals surface area contributed by atoms with Gasteiger partial charge < -0.3 is 19.9 Å². The molecule has 2 rings (SSSR count). The van der Waals surface area contributed by atoms with Crippen molar-refractivity contribution in [2.24, 2.45) is 5.92 Å². The molecule has 98 valence electrons. The number of nitrogens with one attached hydrogen (secondary N) is 1. The Morgan fingerprint density at radius 1 is 1.29 bits per heavy atom. The zero-order valence-electron chi connectivity index (χ0n) is 10.5. The van der Waals surface area contributed by atoms with Gasteiger partial charge in [-0.3, -0.25) is 4.79 Å². The van der Waals surface area contributed by atoms with Crippen LogP contribution < -0.4 is 4.98 Å². The Labute approximate surface area is 102 Å². The van der Waals surface area contributed by atoms with Crippen molar-refractivity contribution >= 4 is 14.2 Å². The molecule has 0 radical (unpaired) electrons. The van der Waals surface area contributed by atoms with Crippen LogP contribution in [0.2, 0.25) is 19.6 Å². The smallest absolute Gasteiger partial charge is 0.323 e. The Hall–Kier alpha value is -0.433. The van der Waals surface area contributed by atoms with E-state index in [9.17, 15) is 15.0 Å². The maximum atomic E-state index is 11.9. The molecule has 1 heterocycles. The highest BCUT2D eigenvalue weighted by molar-refractivity contribution is 6.73. The molecule has 17 heavy (non-hydrogen) atoms. The summed E-state index contributed by atoms with van der Waals surface area (Å²) in [7, 11) is -1.64. The fraction of sp³-hybridized carbons (Fsp3) is 0.909. The fourth-order valence-electron chi connectivity index (χ4n) is 2.71. The molecule has 1 aliphatic carbocycles. The Balaban J connectivity index is 2.16. The van der Waals surface area contributed by atoms with Crippen LogP contribution in [0.15, 0.2) is 0 Å². The van der Waals surface area contributed by atoms with E-state index < -0.39 is 26.5 Å². The van der Waals surface area contributed by atoms with Crippen LogP contribution in [-0.4, -0.2) is 48.8 Å². The van der Waals surface area contributed by atoms with Gasteiger partial charge in [-0.05, 0) is 6.42 Å². The number of aliphatic hydroxyl groups is 2. The van der Waals surface area contributed by atoms with E-state index in [0.717, 1.165) is 0 Å². The van der Waals surface area contributed by atoms with Crippen LogP contribution in [0.25, 0.3) is 0 Å². The number of esters is 1. The summed E-state index contributed by atoms with van der Waals surface area (Å²) in [4.78, 5) is 15.2. The first-order valence-electron chi connectivity index (χ1n) is 6.12. The predicted molar refractivity (Wildman–Crippen MR) is 64.9 cm³/mol. The lowest BCUT2D eigenvalue weighted by atomic mass is 9.77. The van der Waals surface area contributed by atoms with Gasteiger partial charge in [0.05, 0.1) is 12.2 Å². The second kappa shape index (κ2) is 4.35. The van der Waals surface area contributed by atoms with E-state index >= 15 is 0 Å². The van der Waals surface area contributed by atoms with Crippen LogP contribution in [0.1, 0.15) is 12.8 Å². The lowest BCUT2D eigenvalue weighted by molar-refractivity contribution is -0.181. The summed E-state index contributed by atoms with van der Waals surface area (Å²) in [5.41, 5.74) is 0. The second-order valence-electron chi connectivity index (χ2n) is 6.12. The predicted octanol–water partition coefficient (Wildman–Crippen LogP) is -0.163. The largest absolute Gasteiger partial charge is 0.461 e. The summed E-state index contributed by atoms with van der Waals surface area (Å²) < 4.78 is 5.28. The van der Waals surface area contributed by atoms with Gasteiger partial charge in [0.2, 0.25) is 0 Å². The minimum atomic E-state index is -1.64. The molecule has 0 aromatic carbocycles. The third-order valence-electron chi connectivity index (χ3n) is 3.43. The minimum Gasteiger partial charge on any atom is -0.461 e. The van der Waals surface area contributed by atoms with Crippen LogP contribution >= 0.6 is 0 Å². The quantitative estimate of drug-likeness (QED) is 0.474. The molecule has 0 unspecified atom stereocenters. The molecular weight excluding hydrogens is 238 g/mol. The topological polar surface area (TPSA) is 78.8 Å². The maximum Gasteiger partial charge on any atom is 0.323 e. The average molecular weight is 259 g/mol. The number of ether oxygens (including phenoxy) is 1. The van der Waals surface area contributed by atoms with Crippen molar-refractivity contribution in [3.05, 3.63) is 0 Å². The maximum absolute atomic E-state index is 11.9. The van der Waals surface area contributed by atoms with E-state index in [1.54, 1.807) is 0 Å². The molecular formula is C11H21NO4Si. The van der Waals surface area contributed by atoms with Gasteiger partial charge in [-0.1, -0.05) is 19.6 Å². The second-order valence-corrected chi connectivity index (χ2v) is 10.9. The van der Waals surface area contributed by atoms with Crippen molar-refractivity contribution in [3.63, 3.8) is 0 Å². The summed E-state index contributed by atoms with van der Waals surface area (Å²) in [6, 6.07) is -0.470. The Morgan fingerprint density at radius 3 is 2.53 bits per heavy atom. The van der Waals surface area contributed by atoms with Crippen molar-refractivity contribution < 1.29 is 19.7 Å². The summed E-state index contributed by atoms with van der Waals surface area (Å²) in [5, 5.41) is 19.7. The lowest BCUT2D eigenvalue weighted by Gasteiger charge is -2.45. The van der Waals surface area contributed by atoms with E-state index in [1.165, 1.54) is 0 Å². The van der Waals surface area contributed by atoms with Crippen molar-refractivity contribution in [3.8, 4) is 0 Å². The zero-order valence-corrected chi connectivity index (χ0v) is 11.5. The monoisotopic (exact) mass is 259 g/mol. The van der Waals surface area contributed by atoms with Crippen LogP contribution in [0, 0.1) is 5.92 Å². The van der Waals surface area contributed by atoms with Gasteiger partial charge in [-0.15, -0.1) is 0 Å². The molecule has 0 spiro atoms. The number of hydrogen-bond acceptors (Lipinski definition) is 5. The first-order valence-corrected chi connectivity index (χ1v) is 9.62. The summed E-state index contributed by atoms with van der Waals surface area (Å²) in [6.07, 6.45) is -0.842. The molecule has 3 N–H and O–H groups in total. The standard InChI is InChI=1S/C11H21NO4Si/c1-17(2,3)12-9-7-4-6(16-11(9)15)5-8(13)10(7)14/h6-10,12-14H,4-5H2,1-3H3/t6-,7-,8-,9-,10-/m1/s1. The highest BCUT2D eigenvalue weighted by atomic mass is 28.3. The molecule has 5 atom stereocenters. The molecule has 1 aliphatic heterocycles. The van der Waals surface area contributed by atoms with Crippen molar-refractivity contribution in [2.75, 3.05) is 0 Å². The van der Waals surface area contributed by atoms with Gasteiger partial charge >= 0.3 is 5.97 Å². The highest BCUT2D eigenvalue weighted by Gasteiger charge is 2.49. The molecule has 1 saturated carbocycles. The number of carbonyl (C=O) groups is 1. The SMILES string of the molecule is C[Si](C)(C)N[C@H]1C(=O)O[C@@H]2C[C@H]1[C@@H](O)[C@H](O)C2. The van der Waals surface area contributed by atoms with E-state index in [1.807, 2.05) is 0 Å². The third kappa shape index (κ3) is 2.70. The first kappa shape index (κ1) is 13.0. The molecule has 2 fully saturated rings. The number of carbonyl (C=O) groups excluding carboxylic acids is 1. The fourth-order valence-corrected chi connectivity index (χ4v) is 3.97. The number of aliphatic hydroxyl groups excluding tert-OH is 2. The normalized spacial score (nSPS) is 42.2. The third-order valence-corrected chi connectivity index (χ3v) is 4.60. The Bertz CT molecular complexity index is 317. The van der Waals surface area contributed by atoms with Crippen LogP contribution in [0.4, 0.5) is 0 Å². The first-order chi connectivity index (χ1) is 7.78. The molecule has 2 bridgehead atoms. The van der Waals surface area contributed by atoms with Crippen molar-refractivity contribution in [1.29, 1.82) is 0 Å². The molecule has 5 nitrogen and oxygen atoms in total. The van der Waals surface area contributed by atoms with E-state index in [2.05, 4.69) is 24.6 Å². The number of rotatable bonds is 2. The minimum absolute atomic E-state index is 0.225. The molecule has 1 saturated heterocycles. The van der Waals surface area contributed by atoms with Crippen molar-refractivity contribution in [1.82, 2.24) is 4.98 Å². The molecule has 0 aromatic heterocycles. The van der Waals surface area contributed by atoms with E-state index in [-0.39, 0.29) is 18.0 Å². The Morgan fingerprint density at radius 2 is 1.94 bits per heavy atom. The van der Waals surface area contributed by atoms with Gasteiger partial charge in [0, 0.05) is 12.3 Å². The molecule has 6 heteroatoms. The van der Waals surface area contributed by atoms with Crippen molar-refractivity contribution in [2.45, 2.75) is 56.8 Å². The summed E-state index contributed by atoms with van der Waals surface area (Å²) in [6.45, 7) is 6.29. The number of hydrogen-bond donors (Lipinski definition) is 3. The Kier molecular flexibility index (Phi) is 3.33. The average Bonchev–Trinajstić information content (AvgIpc) is 2.17. The van der Waals surface area contributed by atoms with Crippen LogP contribution in [-0.2, 0) is 9.53 Å². The van der Waals surface area contributed by atoms with Gasteiger partial charge in [0.25, 0.3) is 0 Å². The van der Waals surface area contributed by atoms with Gasteiger partial charge in [-0.25, -0.2) is 0 Å². The zero-order chi connectivity index (χ0) is 12.8. The summed E-state index contributed by atoms with van der Waals surface area (Å²) in [5.74, 6) is -0.503. The van der Waals surface area contributed by atoms with Gasteiger partial charge in [0.15, 0.2) is 0 Å². The highest BCUT2D eigenvalue weighted by Crippen LogP contribution is 2.34. The van der Waals surface area contributed by atoms with Gasteiger partial charge in [0.1, 0.15) is 20.4 Å². The summed E-state index contributed by atoms with van der Waals surface area (Å²) >= 11 is 0. The van der Waals surface area contributed by atoms with E-state index in [0.29, 0.717) is 12.8 Å². The molecule has 2 aliphatic rings. The van der Waals surface area contributed by atoms with Gasteiger partial charge in [-0.2, -0.15) is 0 Å². The van der Waals surface area contributed by atoms with Crippen LogP contribution in [0.5, 0.6) is 0 Å². The van der Waals surface area contributed by atoms with E-state index in [4.69, 9.17) is 4.74 Å². The van der Waals surface area contributed by atoms with Crippen LogP contribution in [0.3, 0.4) is 0 Å². The lowest BCUT2D eigenvalue weighted by Crippen LogP contribution is -2.64. The molecule has 0 amide bonds.